The van der Waals surface area contributed by atoms with Crippen molar-refractivity contribution in [2.24, 2.45) is 11.8 Å². The summed E-state index contributed by atoms with van der Waals surface area (Å²) in [5, 5.41) is 11.9. The molecule has 4 nitrogen and oxygen atoms in total. The molecule has 0 spiro atoms. The molecule has 4 heteroatoms. The Hall–Kier alpha value is -0.610. The molecule has 0 radical (unpaired) electrons. The second-order valence-corrected chi connectivity index (χ2v) is 3.88. The van der Waals surface area contributed by atoms with Gasteiger partial charge in [-0.05, 0) is 12.8 Å². The maximum absolute atomic E-state index is 10.6. The molecule has 84 valence electrons. The van der Waals surface area contributed by atoms with Crippen molar-refractivity contribution in [1.82, 2.24) is 5.32 Å². The number of carboxylic acids is 1. The predicted molar refractivity (Wildman–Crippen MR) is 55.3 cm³/mol. The first-order chi connectivity index (χ1) is 6.49. The number of carboxylic acid groups (broad SMARTS) is 1. The Morgan fingerprint density at radius 1 is 1.43 bits per heavy atom. The van der Waals surface area contributed by atoms with E-state index in [1.54, 1.807) is 14.0 Å². The van der Waals surface area contributed by atoms with E-state index in [1.807, 2.05) is 6.92 Å². The molecule has 3 atom stereocenters. The highest BCUT2D eigenvalue weighted by atomic mass is 16.5. The van der Waals surface area contributed by atoms with E-state index in [9.17, 15) is 4.79 Å². The molecular formula is C10H21NO3. The lowest BCUT2D eigenvalue weighted by Crippen LogP contribution is -2.39. The third kappa shape index (κ3) is 5.19. The van der Waals surface area contributed by atoms with Crippen LogP contribution >= 0.6 is 0 Å². The van der Waals surface area contributed by atoms with E-state index < -0.39 is 5.97 Å². The van der Waals surface area contributed by atoms with Gasteiger partial charge in [-0.3, -0.25) is 4.79 Å². The standard InChI is InChI=1S/C10H21NO3/c1-7(6-14-4)5-11-9(3)8(2)10(12)13/h7-9,11H,5-6H2,1-4H3,(H,12,13). The number of aliphatic carboxylic acids is 1. The van der Waals surface area contributed by atoms with Crippen LogP contribution in [0.25, 0.3) is 0 Å². The summed E-state index contributed by atoms with van der Waals surface area (Å²) in [7, 11) is 1.67. The van der Waals surface area contributed by atoms with Crippen molar-refractivity contribution >= 4 is 5.97 Å². The number of hydrogen-bond donors (Lipinski definition) is 2. The van der Waals surface area contributed by atoms with Crippen molar-refractivity contribution in [1.29, 1.82) is 0 Å². The Bertz CT molecular complexity index is 173. The Morgan fingerprint density at radius 3 is 2.43 bits per heavy atom. The molecule has 0 heterocycles. The average Bonchev–Trinajstić information content (AvgIpc) is 2.13. The Kier molecular flexibility index (Phi) is 6.49. The molecule has 0 aliphatic rings. The summed E-state index contributed by atoms with van der Waals surface area (Å²) in [6.07, 6.45) is 0. The highest BCUT2D eigenvalue weighted by Crippen LogP contribution is 2.03. The topological polar surface area (TPSA) is 58.6 Å². The van der Waals surface area contributed by atoms with Crippen LogP contribution in [0.4, 0.5) is 0 Å². The van der Waals surface area contributed by atoms with Gasteiger partial charge in [-0.1, -0.05) is 13.8 Å². The molecule has 0 aromatic heterocycles. The minimum absolute atomic E-state index is 0.00759. The van der Waals surface area contributed by atoms with Gasteiger partial charge >= 0.3 is 5.97 Å². The number of methoxy groups -OCH3 is 1. The monoisotopic (exact) mass is 203 g/mol. The molecule has 3 unspecified atom stereocenters. The first-order valence-corrected chi connectivity index (χ1v) is 4.94. The van der Waals surface area contributed by atoms with Crippen molar-refractivity contribution in [2.45, 2.75) is 26.8 Å². The van der Waals surface area contributed by atoms with E-state index in [4.69, 9.17) is 9.84 Å². The van der Waals surface area contributed by atoms with Crippen LogP contribution in [0.2, 0.25) is 0 Å². The van der Waals surface area contributed by atoms with Crippen LogP contribution in [-0.2, 0) is 9.53 Å². The SMILES string of the molecule is COCC(C)CNC(C)C(C)C(=O)O. The van der Waals surface area contributed by atoms with Gasteiger partial charge in [-0.25, -0.2) is 0 Å². The Labute approximate surface area is 85.6 Å². The van der Waals surface area contributed by atoms with Crippen LogP contribution in [0, 0.1) is 11.8 Å². The van der Waals surface area contributed by atoms with Gasteiger partial charge in [0.05, 0.1) is 5.92 Å². The van der Waals surface area contributed by atoms with Crippen molar-refractivity contribution in [3.05, 3.63) is 0 Å². The molecule has 2 N–H and O–H groups in total. The van der Waals surface area contributed by atoms with Crippen molar-refractivity contribution in [3.63, 3.8) is 0 Å². The molecule has 14 heavy (non-hydrogen) atoms. The lowest BCUT2D eigenvalue weighted by molar-refractivity contribution is -0.141. The summed E-state index contributed by atoms with van der Waals surface area (Å²) in [5.41, 5.74) is 0. The van der Waals surface area contributed by atoms with E-state index in [1.165, 1.54) is 0 Å². The van der Waals surface area contributed by atoms with Gasteiger partial charge in [-0.2, -0.15) is 0 Å². The highest BCUT2D eigenvalue weighted by Gasteiger charge is 2.18. The highest BCUT2D eigenvalue weighted by molar-refractivity contribution is 5.70. The third-order valence-electron chi connectivity index (χ3n) is 2.38. The fraction of sp³-hybridized carbons (Fsp3) is 0.900. The zero-order valence-corrected chi connectivity index (χ0v) is 9.41. The molecule has 0 aliphatic carbocycles. The quantitative estimate of drug-likeness (QED) is 0.647. The van der Waals surface area contributed by atoms with Gasteiger partial charge in [-0.15, -0.1) is 0 Å². The molecular weight excluding hydrogens is 182 g/mol. The third-order valence-corrected chi connectivity index (χ3v) is 2.38. The fourth-order valence-corrected chi connectivity index (χ4v) is 1.12. The molecule has 0 aromatic carbocycles. The van der Waals surface area contributed by atoms with Crippen molar-refractivity contribution < 1.29 is 14.6 Å². The molecule has 0 amide bonds. The lowest BCUT2D eigenvalue weighted by atomic mass is 10.0. The molecule has 0 fully saturated rings. The molecule has 0 saturated heterocycles. The summed E-state index contributed by atoms with van der Waals surface area (Å²) < 4.78 is 4.99. The van der Waals surface area contributed by atoms with Crippen molar-refractivity contribution in [3.8, 4) is 0 Å². The molecule has 0 aromatic rings. The van der Waals surface area contributed by atoms with Crippen LogP contribution in [0.3, 0.4) is 0 Å². The zero-order chi connectivity index (χ0) is 11.1. The van der Waals surface area contributed by atoms with Gasteiger partial charge in [0.2, 0.25) is 0 Å². The largest absolute Gasteiger partial charge is 0.481 e. The minimum Gasteiger partial charge on any atom is -0.481 e. The Balaban J connectivity index is 3.72. The number of nitrogens with one attached hydrogen (secondary N) is 1. The smallest absolute Gasteiger partial charge is 0.307 e. The van der Waals surface area contributed by atoms with Crippen LogP contribution in [0.1, 0.15) is 20.8 Å². The van der Waals surface area contributed by atoms with Crippen LogP contribution < -0.4 is 5.32 Å². The number of ether oxygens (including phenoxy) is 1. The summed E-state index contributed by atoms with van der Waals surface area (Å²) in [6.45, 7) is 7.14. The average molecular weight is 203 g/mol. The predicted octanol–water partition coefficient (Wildman–Crippen LogP) is 0.968. The maximum atomic E-state index is 10.6. The van der Waals surface area contributed by atoms with Gasteiger partial charge in [0.1, 0.15) is 0 Å². The zero-order valence-electron chi connectivity index (χ0n) is 9.41. The molecule has 0 bridgehead atoms. The summed E-state index contributed by atoms with van der Waals surface area (Å²) >= 11 is 0. The Morgan fingerprint density at radius 2 is 2.00 bits per heavy atom. The summed E-state index contributed by atoms with van der Waals surface area (Å²) in [6, 6.07) is -0.00759. The van der Waals surface area contributed by atoms with Gasteiger partial charge < -0.3 is 15.2 Å². The fourth-order valence-electron chi connectivity index (χ4n) is 1.12. The number of carbonyl (C=O) groups is 1. The van der Waals surface area contributed by atoms with E-state index >= 15 is 0 Å². The van der Waals surface area contributed by atoms with E-state index in [0.717, 1.165) is 6.54 Å². The van der Waals surface area contributed by atoms with Crippen LogP contribution in [0.5, 0.6) is 0 Å². The summed E-state index contributed by atoms with van der Waals surface area (Å²) in [5.74, 6) is -0.711. The molecule has 0 saturated carbocycles. The van der Waals surface area contributed by atoms with E-state index in [2.05, 4.69) is 12.2 Å². The summed E-state index contributed by atoms with van der Waals surface area (Å²) in [4.78, 5) is 10.6. The van der Waals surface area contributed by atoms with Crippen molar-refractivity contribution in [2.75, 3.05) is 20.3 Å². The molecule has 0 aliphatic heterocycles. The lowest BCUT2D eigenvalue weighted by Gasteiger charge is -2.20. The minimum atomic E-state index is -0.760. The van der Waals surface area contributed by atoms with Gasteiger partial charge in [0.25, 0.3) is 0 Å². The number of rotatable bonds is 7. The van der Waals surface area contributed by atoms with Gasteiger partial charge in [0.15, 0.2) is 0 Å². The second-order valence-electron chi connectivity index (χ2n) is 3.88. The molecule has 0 rings (SSSR count). The number of hydrogen-bond acceptors (Lipinski definition) is 3. The van der Waals surface area contributed by atoms with Gasteiger partial charge in [0, 0.05) is 26.3 Å². The maximum Gasteiger partial charge on any atom is 0.307 e. The second kappa shape index (κ2) is 6.79. The first kappa shape index (κ1) is 13.4. The van der Waals surface area contributed by atoms with Crippen LogP contribution in [0.15, 0.2) is 0 Å². The van der Waals surface area contributed by atoms with E-state index in [0.29, 0.717) is 12.5 Å². The van der Waals surface area contributed by atoms with Crippen LogP contribution in [-0.4, -0.2) is 37.4 Å². The van der Waals surface area contributed by atoms with E-state index in [-0.39, 0.29) is 12.0 Å². The first-order valence-electron chi connectivity index (χ1n) is 4.94. The normalized spacial score (nSPS) is 17.4.